The first-order chi connectivity index (χ1) is 12.4. The molecule has 26 heavy (non-hydrogen) atoms. The summed E-state index contributed by atoms with van der Waals surface area (Å²) < 4.78 is 32.1. The lowest BCUT2D eigenvalue weighted by molar-refractivity contribution is 0.0569. The van der Waals surface area contributed by atoms with Crippen molar-refractivity contribution in [1.82, 2.24) is 14.7 Å². The quantitative estimate of drug-likeness (QED) is 0.627. The molecule has 0 unspecified atom stereocenters. The van der Waals surface area contributed by atoms with Gasteiger partial charge in [-0.2, -0.15) is 4.98 Å². The van der Waals surface area contributed by atoms with E-state index in [9.17, 15) is 13.5 Å². The lowest BCUT2D eigenvalue weighted by atomic mass is 10.3. The number of nitrogens with zero attached hydrogens (tertiary/aromatic N) is 2. The van der Waals surface area contributed by atoms with E-state index in [0.717, 1.165) is 19.3 Å². The number of hydrogen-bond acceptors (Lipinski definition) is 7. The smallest absolute Gasteiger partial charge is 0.240 e. The highest BCUT2D eigenvalue weighted by Crippen LogP contribution is 2.29. The van der Waals surface area contributed by atoms with Crippen molar-refractivity contribution >= 4 is 37.6 Å². The Morgan fingerprint density at radius 2 is 2.00 bits per heavy atom. The third-order valence-electron chi connectivity index (χ3n) is 4.08. The molecule has 0 saturated heterocycles. The molecule has 3 rings (SSSR count). The predicted molar refractivity (Wildman–Crippen MR) is 100.0 cm³/mol. The van der Waals surface area contributed by atoms with Gasteiger partial charge in [-0.3, -0.25) is 0 Å². The molecule has 2 aromatic rings. The Kier molecular flexibility index (Phi) is 5.76. The normalized spacial score (nSPS) is 20.1. The summed E-state index contributed by atoms with van der Waals surface area (Å²) in [6.07, 6.45) is 3.21. The van der Waals surface area contributed by atoms with Crippen LogP contribution in [-0.4, -0.2) is 42.7 Å². The van der Waals surface area contributed by atoms with Crippen LogP contribution in [0.5, 0.6) is 5.88 Å². The largest absolute Gasteiger partial charge is 0.471 e. The Bertz CT molecular complexity index is 876. The Balaban J connectivity index is 1.75. The number of hydrogen-bond donors (Lipinski definition) is 3. The molecule has 0 aliphatic heterocycles. The van der Waals surface area contributed by atoms with Gasteiger partial charge in [-0.25, -0.2) is 18.1 Å². The molecule has 1 aromatic heterocycles. The maximum atomic E-state index is 11.7. The van der Waals surface area contributed by atoms with Gasteiger partial charge in [0.05, 0.1) is 21.7 Å². The summed E-state index contributed by atoms with van der Waals surface area (Å²) in [6, 6.07) is 6.21. The van der Waals surface area contributed by atoms with Crippen molar-refractivity contribution in [2.24, 2.45) is 0 Å². The van der Waals surface area contributed by atoms with Crippen LogP contribution in [0.2, 0.25) is 0 Å². The average molecular weight is 443 g/mol. The van der Waals surface area contributed by atoms with Crippen LogP contribution in [0, 0.1) is 0 Å². The number of sulfonamides is 1. The molecular formula is C16H19BrN4O4S. The molecule has 1 aliphatic rings. The van der Waals surface area contributed by atoms with Gasteiger partial charge in [-0.1, -0.05) is 0 Å². The number of halogens is 1. The third-order valence-corrected chi connectivity index (χ3v) is 6.06. The molecule has 8 nitrogen and oxygen atoms in total. The lowest BCUT2D eigenvalue weighted by Crippen LogP contribution is -2.26. The molecular weight excluding hydrogens is 424 g/mol. The number of aliphatic hydroxyl groups is 1. The summed E-state index contributed by atoms with van der Waals surface area (Å²) in [5.41, 5.74) is 0.634. The molecule has 1 saturated carbocycles. The summed E-state index contributed by atoms with van der Waals surface area (Å²) >= 11 is 3.35. The molecule has 10 heteroatoms. The van der Waals surface area contributed by atoms with Crippen molar-refractivity contribution < 1.29 is 18.3 Å². The zero-order valence-electron chi connectivity index (χ0n) is 14.0. The maximum absolute atomic E-state index is 11.7. The van der Waals surface area contributed by atoms with E-state index >= 15 is 0 Å². The topological polar surface area (TPSA) is 113 Å². The first-order valence-electron chi connectivity index (χ1n) is 8.07. The van der Waals surface area contributed by atoms with E-state index in [1.54, 1.807) is 18.3 Å². The number of benzene rings is 1. The number of rotatable bonds is 6. The van der Waals surface area contributed by atoms with Crippen LogP contribution in [0.15, 0.2) is 39.8 Å². The van der Waals surface area contributed by atoms with Crippen LogP contribution in [0.1, 0.15) is 19.3 Å². The Morgan fingerprint density at radius 1 is 1.27 bits per heavy atom. The van der Waals surface area contributed by atoms with Crippen molar-refractivity contribution in [1.29, 1.82) is 0 Å². The molecule has 140 valence electrons. The molecule has 1 heterocycles. The van der Waals surface area contributed by atoms with Crippen molar-refractivity contribution in [3.8, 4) is 5.88 Å². The van der Waals surface area contributed by atoms with E-state index < -0.39 is 16.1 Å². The van der Waals surface area contributed by atoms with E-state index in [-0.39, 0.29) is 11.0 Å². The van der Waals surface area contributed by atoms with Crippen LogP contribution in [0.3, 0.4) is 0 Å². The first-order valence-corrected chi connectivity index (χ1v) is 10.3. The Morgan fingerprint density at radius 3 is 2.62 bits per heavy atom. The minimum Gasteiger partial charge on any atom is -0.471 e. The third kappa shape index (κ3) is 4.32. The molecule has 0 amide bonds. The van der Waals surface area contributed by atoms with Crippen molar-refractivity contribution in [3.05, 3.63) is 34.9 Å². The zero-order chi connectivity index (χ0) is 18.7. The van der Waals surface area contributed by atoms with Crippen molar-refractivity contribution in [3.63, 3.8) is 0 Å². The van der Waals surface area contributed by atoms with E-state index in [2.05, 4.69) is 35.9 Å². The van der Waals surface area contributed by atoms with Gasteiger partial charge < -0.3 is 15.2 Å². The van der Waals surface area contributed by atoms with Crippen LogP contribution < -0.4 is 14.8 Å². The highest BCUT2D eigenvalue weighted by molar-refractivity contribution is 9.10. The molecule has 0 spiro atoms. The summed E-state index contributed by atoms with van der Waals surface area (Å²) in [7, 11) is -2.12. The first kappa shape index (κ1) is 19.0. The van der Waals surface area contributed by atoms with E-state index in [0.29, 0.717) is 22.0 Å². The van der Waals surface area contributed by atoms with Crippen LogP contribution in [-0.2, 0) is 10.0 Å². The maximum Gasteiger partial charge on any atom is 0.240 e. The van der Waals surface area contributed by atoms with E-state index in [1.165, 1.54) is 19.2 Å². The number of aliphatic hydroxyl groups excluding tert-OH is 1. The highest BCUT2D eigenvalue weighted by Gasteiger charge is 2.28. The van der Waals surface area contributed by atoms with Gasteiger partial charge in [0.1, 0.15) is 6.10 Å². The summed E-state index contributed by atoms with van der Waals surface area (Å²) in [4.78, 5) is 8.66. The Labute approximate surface area is 160 Å². The van der Waals surface area contributed by atoms with Gasteiger partial charge in [0, 0.05) is 5.69 Å². The zero-order valence-corrected chi connectivity index (χ0v) is 16.4. The van der Waals surface area contributed by atoms with Gasteiger partial charge in [-0.05, 0) is 66.5 Å². The number of nitrogens with one attached hydrogen (secondary N) is 2. The van der Waals surface area contributed by atoms with E-state index in [4.69, 9.17) is 4.74 Å². The summed E-state index contributed by atoms with van der Waals surface area (Å²) in [6.45, 7) is 0. The second-order valence-corrected chi connectivity index (χ2v) is 8.60. The second kappa shape index (κ2) is 7.87. The second-order valence-electron chi connectivity index (χ2n) is 5.86. The van der Waals surface area contributed by atoms with Gasteiger partial charge >= 0.3 is 0 Å². The summed E-state index contributed by atoms with van der Waals surface area (Å²) in [5, 5.41) is 12.9. The van der Waals surface area contributed by atoms with Crippen molar-refractivity contribution in [2.75, 3.05) is 12.4 Å². The molecule has 1 aromatic carbocycles. The molecule has 2 atom stereocenters. The fraction of sp³-hybridized carbons (Fsp3) is 0.375. The van der Waals surface area contributed by atoms with Gasteiger partial charge in [0.2, 0.25) is 21.9 Å². The van der Waals surface area contributed by atoms with Gasteiger partial charge in [-0.15, -0.1) is 0 Å². The minimum atomic E-state index is -3.48. The molecule has 0 bridgehead atoms. The summed E-state index contributed by atoms with van der Waals surface area (Å²) in [5.74, 6) is 0.655. The lowest BCUT2D eigenvalue weighted by Gasteiger charge is -2.17. The molecule has 1 aliphatic carbocycles. The van der Waals surface area contributed by atoms with Crippen molar-refractivity contribution in [2.45, 2.75) is 36.4 Å². The highest BCUT2D eigenvalue weighted by atomic mass is 79.9. The molecule has 3 N–H and O–H groups in total. The predicted octanol–water partition coefficient (Wildman–Crippen LogP) is 2.18. The number of aromatic nitrogens is 2. The molecule has 1 fully saturated rings. The van der Waals surface area contributed by atoms with Crippen LogP contribution in [0.25, 0.3) is 0 Å². The van der Waals surface area contributed by atoms with Crippen LogP contribution >= 0.6 is 15.9 Å². The fourth-order valence-corrected chi connectivity index (χ4v) is 3.66. The molecule has 0 radical (unpaired) electrons. The minimum absolute atomic E-state index is 0.168. The SMILES string of the molecule is CNS(=O)(=O)c1ccc(Nc2ncc(Br)c(O[C@@H]3CCC[C@@H]3O)n2)cc1. The number of anilines is 2. The van der Waals surface area contributed by atoms with Gasteiger partial charge in [0.15, 0.2) is 0 Å². The van der Waals surface area contributed by atoms with Gasteiger partial charge in [0.25, 0.3) is 0 Å². The monoisotopic (exact) mass is 442 g/mol. The average Bonchev–Trinajstić information content (AvgIpc) is 3.03. The van der Waals surface area contributed by atoms with Crippen LogP contribution in [0.4, 0.5) is 11.6 Å². The van der Waals surface area contributed by atoms with E-state index in [1.807, 2.05) is 0 Å². The standard InChI is InChI=1S/C16H19BrN4O4S/c1-18-26(23,24)11-7-5-10(6-8-11)20-16-19-9-12(17)15(21-16)25-14-4-2-3-13(14)22/h5-9,13-14,18,22H,2-4H2,1H3,(H,19,20,21)/t13-,14+/m0/s1. The Hall–Kier alpha value is -1.75. The number of ether oxygens (including phenoxy) is 1. The fourth-order valence-electron chi connectivity index (χ4n) is 2.65.